The summed E-state index contributed by atoms with van der Waals surface area (Å²) in [5, 5.41) is 11.8. The van der Waals surface area contributed by atoms with Gasteiger partial charge in [-0.3, -0.25) is 9.59 Å². The molecule has 2 rings (SSSR count). The number of amides is 1. The molecule has 2 aliphatic rings. The van der Waals surface area contributed by atoms with Gasteiger partial charge >= 0.3 is 5.97 Å². The quantitative estimate of drug-likeness (QED) is 0.729. The summed E-state index contributed by atoms with van der Waals surface area (Å²) in [4.78, 5) is 22.6. The Morgan fingerprint density at radius 2 is 1.94 bits per heavy atom. The molecule has 2 aliphatic carbocycles. The maximum atomic E-state index is 11.8. The SMILES string of the molecule is O=C(O)C1CCC1C(=O)NCC1CC=CCC1. The summed E-state index contributed by atoms with van der Waals surface area (Å²) >= 11 is 0. The van der Waals surface area contributed by atoms with Crippen LogP contribution in [0.5, 0.6) is 0 Å². The number of hydrogen-bond acceptors (Lipinski definition) is 2. The predicted octanol–water partition coefficient (Wildman–Crippen LogP) is 1.57. The second-order valence-corrected chi connectivity index (χ2v) is 5.02. The van der Waals surface area contributed by atoms with Gasteiger partial charge in [0.25, 0.3) is 0 Å². The van der Waals surface area contributed by atoms with Gasteiger partial charge < -0.3 is 10.4 Å². The molecule has 4 heteroatoms. The average Bonchev–Trinajstić information content (AvgIpc) is 2.25. The van der Waals surface area contributed by atoms with Gasteiger partial charge in [-0.15, -0.1) is 0 Å². The fourth-order valence-corrected chi connectivity index (χ4v) is 2.53. The second-order valence-electron chi connectivity index (χ2n) is 5.02. The van der Waals surface area contributed by atoms with Gasteiger partial charge in [0, 0.05) is 6.54 Å². The Hall–Kier alpha value is -1.32. The van der Waals surface area contributed by atoms with Crippen LogP contribution in [0.15, 0.2) is 12.2 Å². The van der Waals surface area contributed by atoms with Crippen molar-refractivity contribution in [2.24, 2.45) is 17.8 Å². The van der Waals surface area contributed by atoms with E-state index in [0.717, 1.165) is 19.3 Å². The molecule has 1 saturated carbocycles. The highest BCUT2D eigenvalue weighted by Crippen LogP contribution is 2.34. The van der Waals surface area contributed by atoms with Gasteiger partial charge in [0.2, 0.25) is 5.91 Å². The van der Waals surface area contributed by atoms with Crippen molar-refractivity contribution < 1.29 is 14.7 Å². The zero-order chi connectivity index (χ0) is 12.3. The third-order valence-corrected chi connectivity index (χ3v) is 3.87. The summed E-state index contributed by atoms with van der Waals surface area (Å²) < 4.78 is 0. The monoisotopic (exact) mass is 237 g/mol. The number of aliphatic carboxylic acids is 1. The first-order valence-corrected chi connectivity index (χ1v) is 6.34. The fourth-order valence-electron chi connectivity index (χ4n) is 2.53. The standard InChI is InChI=1S/C13H19NO3/c15-12(10-6-7-11(10)13(16)17)14-8-9-4-2-1-3-5-9/h1-2,9-11H,3-8H2,(H,14,15)(H,16,17). The summed E-state index contributed by atoms with van der Waals surface area (Å²) in [7, 11) is 0. The van der Waals surface area contributed by atoms with Crippen LogP contribution in [0.25, 0.3) is 0 Å². The third-order valence-electron chi connectivity index (χ3n) is 3.87. The molecule has 3 atom stereocenters. The number of hydrogen-bond donors (Lipinski definition) is 2. The number of carboxylic acid groups (broad SMARTS) is 1. The van der Waals surface area contributed by atoms with Gasteiger partial charge in [0.05, 0.1) is 11.8 Å². The molecule has 17 heavy (non-hydrogen) atoms. The molecule has 0 aromatic rings. The lowest BCUT2D eigenvalue weighted by molar-refractivity contribution is -0.152. The van der Waals surface area contributed by atoms with Gasteiger partial charge in [0.15, 0.2) is 0 Å². The second kappa shape index (κ2) is 5.34. The molecule has 0 saturated heterocycles. The summed E-state index contributed by atoms with van der Waals surface area (Å²) in [5.74, 6) is -1.14. The van der Waals surface area contributed by atoms with Crippen molar-refractivity contribution in [3.05, 3.63) is 12.2 Å². The predicted molar refractivity (Wildman–Crippen MR) is 63.3 cm³/mol. The maximum Gasteiger partial charge on any atom is 0.307 e. The number of carbonyl (C=O) groups is 2. The highest BCUT2D eigenvalue weighted by molar-refractivity contribution is 5.86. The molecular weight excluding hydrogens is 218 g/mol. The highest BCUT2D eigenvalue weighted by Gasteiger charge is 2.41. The number of carbonyl (C=O) groups excluding carboxylic acids is 1. The molecule has 0 aromatic carbocycles. The van der Waals surface area contributed by atoms with Crippen LogP contribution in [0.1, 0.15) is 32.1 Å². The van der Waals surface area contributed by atoms with E-state index in [-0.39, 0.29) is 11.8 Å². The Morgan fingerprint density at radius 1 is 1.18 bits per heavy atom. The molecule has 0 radical (unpaired) electrons. The number of nitrogens with one attached hydrogen (secondary N) is 1. The molecule has 2 N–H and O–H groups in total. The first kappa shape index (κ1) is 12.1. The van der Waals surface area contributed by atoms with Crippen LogP contribution in [0, 0.1) is 17.8 Å². The van der Waals surface area contributed by atoms with Gasteiger partial charge in [0.1, 0.15) is 0 Å². The van der Waals surface area contributed by atoms with Gasteiger partial charge in [-0.05, 0) is 38.0 Å². The molecule has 1 fully saturated rings. The van der Waals surface area contributed by atoms with E-state index in [1.807, 2.05) is 0 Å². The molecule has 0 bridgehead atoms. The minimum absolute atomic E-state index is 0.0711. The van der Waals surface area contributed by atoms with Crippen molar-refractivity contribution in [3.63, 3.8) is 0 Å². The van der Waals surface area contributed by atoms with E-state index < -0.39 is 11.9 Å². The van der Waals surface area contributed by atoms with Crippen molar-refractivity contribution >= 4 is 11.9 Å². The lowest BCUT2D eigenvalue weighted by Crippen LogP contribution is -2.45. The van der Waals surface area contributed by atoms with Crippen LogP contribution in [0.3, 0.4) is 0 Å². The largest absolute Gasteiger partial charge is 0.481 e. The molecule has 0 aromatic heterocycles. The van der Waals surface area contributed by atoms with Gasteiger partial charge in [-0.1, -0.05) is 12.2 Å². The molecule has 4 nitrogen and oxygen atoms in total. The zero-order valence-electron chi connectivity index (χ0n) is 9.89. The minimum atomic E-state index is -0.836. The third kappa shape index (κ3) is 2.87. The van der Waals surface area contributed by atoms with Crippen LogP contribution in [-0.4, -0.2) is 23.5 Å². The van der Waals surface area contributed by atoms with E-state index in [4.69, 9.17) is 5.11 Å². The highest BCUT2D eigenvalue weighted by atomic mass is 16.4. The van der Waals surface area contributed by atoms with Gasteiger partial charge in [-0.2, -0.15) is 0 Å². The average molecular weight is 237 g/mol. The van der Waals surface area contributed by atoms with E-state index >= 15 is 0 Å². The van der Waals surface area contributed by atoms with E-state index in [1.54, 1.807) is 0 Å². The summed E-state index contributed by atoms with van der Waals surface area (Å²) in [5.41, 5.74) is 0. The van der Waals surface area contributed by atoms with E-state index in [0.29, 0.717) is 25.3 Å². The molecule has 0 heterocycles. The Kier molecular flexibility index (Phi) is 3.82. The summed E-state index contributed by atoms with van der Waals surface area (Å²) in [6.45, 7) is 0.687. The molecular formula is C13H19NO3. The number of rotatable bonds is 4. The van der Waals surface area contributed by atoms with E-state index in [9.17, 15) is 9.59 Å². The van der Waals surface area contributed by atoms with Crippen LogP contribution in [-0.2, 0) is 9.59 Å². The summed E-state index contributed by atoms with van der Waals surface area (Å²) in [6, 6.07) is 0. The van der Waals surface area contributed by atoms with Crippen molar-refractivity contribution in [3.8, 4) is 0 Å². The van der Waals surface area contributed by atoms with E-state index in [1.165, 1.54) is 0 Å². The van der Waals surface area contributed by atoms with Crippen molar-refractivity contribution in [2.45, 2.75) is 32.1 Å². The lowest BCUT2D eigenvalue weighted by atomic mass is 9.73. The first-order valence-electron chi connectivity index (χ1n) is 6.34. The lowest BCUT2D eigenvalue weighted by Gasteiger charge is -2.32. The van der Waals surface area contributed by atoms with Crippen molar-refractivity contribution in [1.82, 2.24) is 5.32 Å². The molecule has 0 spiro atoms. The Bertz CT molecular complexity index is 338. The first-order chi connectivity index (χ1) is 8.18. The van der Waals surface area contributed by atoms with Crippen LogP contribution in [0.4, 0.5) is 0 Å². The van der Waals surface area contributed by atoms with Crippen molar-refractivity contribution in [1.29, 1.82) is 0 Å². The van der Waals surface area contributed by atoms with Crippen LogP contribution >= 0.6 is 0 Å². The molecule has 0 aliphatic heterocycles. The van der Waals surface area contributed by atoms with Crippen LogP contribution in [0.2, 0.25) is 0 Å². The summed E-state index contributed by atoms with van der Waals surface area (Å²) in [6.07, 6.45) is 8.90. The fraction of sp³-hybridized carbons (Fsp3) is 0.692. The van der Waals surface area contributed by atoms with E-state index in [2.05, 4.69) is 17.5 Å². The topological polar surface area (TPSA) is 66.4 Å². The molecule has 94 valence electrons. The minimum Gasteiger partial charge on any atom is -0.481 e. The molecule has 3 unspecified atom stereocenters. The number of carboxylic acids is 1. The van der Waals surface area contributed by atoms with Gasteiger partial charge in [-0.25, -0.2) is 0 Å². The Labute approximate surface area is 101 Å². The smallest absolute Gasteiger partial charge is 0.307 e. The molecule has 1 amide bonds. The zero-order valence-corrected chi connectivity index (χ0v) is 9.89. The number of allylic oxidation sites excluding steroid dienone is 2. The Balaban J connectivity index is 1.74. The normalized spacial score (nSPS) is 31.6. The van der Waals surface area contributed by atoms with Crippen molar-refractivity contribution in [2.75, 3.05) is 6.54 Å². The Morgan fingerprint density at radius 3 is 2.47 bits per heavy atom. The maximum absolute atomic E-state index is 11.8. The van der Waals surface area contributed by atoms with Crippen LogP contribution < -0.4 is 5.32 Å².